The van der Waals surface area contributed by atoms with E-state index in [1.54, 1.807) is 44.1 Å². The van der Waals surface area contributed by atoms with E-state index >= 15 is 0 Å². The highest BCUT2D eigenvalue weighted by Crippen LogP contribution is 2.24. The van der Waals surface area contributed by atoms with Crippen molar-refractivity contribution >= 4 is 24.0 Å². The molecular weight excluding hydrogens is 252 g/mol. The van der Waals surface area contributed by atoms with E-state index in [2.05, 4.69) is 4.98 Å². The second-order valence-electron chi connectivity index (χ2n) is 4.25. The van der Waals surface area contributed by atoms with E-state index in [0.717, 1.165) is 0 Å². The van der Waals surface area contributed by atoms with Crippen molar-refractivity contribution in [2.75, 3.05) is 0 Å². The number of halogens is 1. The quantitative estimate of drug-likeness (QED) is 0.771. The summed E-state index contributed by atoms with van der Waals surface area (Å²) in [6.07, 6.45) is 5.07. The molecule has 1 aliphatic carbocycles. The summed E-state index contributed by atoms with van der Waals surface area (Å²) < 4.78 is 1.79. The summed E-state index contributed by atoms with van der Waals surface area (Å²) in [5.74, 6) is -0.0643. The summed E-state index contributed by atoms with van der Waals surface area (Å²) in [7, 11) is 0. The monoisotopic (exact) mass is 266 g/mol. The molecule has 18 heavy (non-hydrogen) atoms. The predicted octanol–water partition coefficient (Wildman–Crippen LogP) is 2.11. The van der Waals surface area contributed by atoms with Crippen LogP contribution in [0.3, 0.4) is 0 Å². The molecule has 1 heterocycles. The van der Waals surface area contributed by atoms with Crippen molar-refractivity contribution in [3.05, 3.63) is 41.0 Å². The predicted molar refractivity (Wildman–Crippen MR) is 70.6 cm³/mol. The standard InChI is InChI=1S/C13H14N2O2.ClH/c1-8-9(2)13(17)11(10(3)12(8)16)6-15-5-4-14-7-15;/h4-5,7H,6H2,1-3H3;1H. The first-order valence-corrected chi connectivity index (χ1v) is 5.44. The van der Waals surface area contributed by atoms with E-state index < -0.39 is 0 Å². The van der Waals surface area contributed by atoms with Gasteiger partial charge in [-0.25, -0.2) is 4.98 Å². The first-order valence-electron chi connectivity index (χ1n) is 5.44. The molecule has 0 aromatic carbocycles. The van der Waals surface area contributed by atoms with Crippen LogP contribution < -0.4 is 0 Å². The van der Waals surface area contributed by atoms with E-state index in [-0.39, 0.29) is 24.0 Å². The number of hydrogen-bond donors (Lipinski definition) is 0. The average molecular weight is 267 g/mol. The molecule has 0 N–H and O–H groups in total. The highest BCUT2D eigenvalue weighted by atomic mass is 35.5. The number of hydrogen-bond acceptors (Lipinski definition) is 3. The highest BCUT2D eigenvalue weighted by molar-refractivity contribution is 6.24. The number of ketones is 2. The van der Waals surface area contributed by atoms with Gasteiger partial charge in [0.2, 0.25) is 0 Å². The molecule has 0 fully saturated rings. The Balaban J connectivity index is 0.00000162. The Morgan fingerprint density at radius 3 is 2.22 bits per heavy atom. The van der Waals surface area contributed by atoms with Crippen LogP contribution in [0.25, 0.3) is 0 Å². The highest BCUT2D eigenvalue weighted by Gasteiger charge is 2.27. The molecule has 0 saturated heterocycles. The van der Waals surface area contributed by atoms with Crippen LogP contribution in [0.1, 0.15) is 20.8 Å². The smallest absolute Gasteiger partial charge is 0.187 e. The van der Waals surface area contributed by atoms with Crippen LogP contribution in [0, 0.1) is 0 Å². The summed E-state index contributed by atoms with van der Waals surface area (Å²) >= 11 is 0. The van der Waals surface area contributed by atoms with Gasteiger partial charge in [-0.1, -0.05) is 0 Å². The summed E-state index contributed by atoms with van der Waals surface area (Å²) in [6.45, 7) is 5.52. The lowest BCUT2D eigenvalue weighted by Gasteiger charge is -2.18. The van der Waals surface area contributed by atoms with Crippen LogP contribution in [0.4, 0.5) is 0 Å². The zero-order valence-corrected chi connectivity index (χ0v) is 11.4. The normalized spacial score (nSPS) is 16.2. The van der Waals surface area contributed by atoms with Gasteiger partial charge in [-0.15, -0.1) is 12.4 Å². The van der Waals surface area contributed by atoms with Gasteiger partial charge >= 0.3 is 0 Å². The van der Waals surface area contributed by atoms with E-state index in [0.29, 0.717) is 28.8 Å². The first kappa shape index (κ1) is 14.4. The number of nitrogens with zero attached hydrogens (tertiary/aromatic N) is 2. The molecule has 0 amide bonds. The Labute approximate surface area is 112 Å². The van der Waals surface area contributed by atoms with Gasteiger partial charge in [-0.3, -0.25) is 9.59 Å². The van der Waals surface area contributed by atoms with E-state index in [9.17, 15) is 9.59 Å². The molecule has 0 radical (unpaired) electrons. The maximum absolute atomic E-state index is 12.1. The molecule has 0 saturated carbocycles. The molecule has 4 nitrogen and oxygen atoms in total. The minimum atomic E-state index is -0.0340. The topological polar surface area (TPSA) is 52.0 Å². The maximum Gasteiger partial charge on any atom is 0.187 e. The van der Waals surface area contributed by atoms with Gasteiger partial charge in [0.15, 0.2) is 11.6 Å². The van der Waals surface area contributed by atoms with Gasteiger partial charge in [0.1, 0.15) is 0 Å². The van der Waals surface area contributed by atoms with Gasteiger partial charge in [-0.2, -0.15) is 0 Å². The fourth-order valence-electron chi connectivity index (χ4n) is 1.91. The van der Waals surface area contributed by atoms with Gasteiger partial charge in [-0.05, 0) is 20.8 Å². The second-order valence-corrected chi connectivity index (χ2v) is 4.25. The van der Waals surface area contributed by atoms with E-state index in [4.69, 9.17) is 0 Å². The van der Waals surface area contributed by atoms with Gasteiger partial charge in [0.05, 0.1) is 12.9 Å². The second kappa shape index (κ2) is 5.31. The lowest BCUT2D eigenvalue weighted by atomic mass is 9.86. The van der Waals surface area contributed by atoms with Crippen LogP contribution in [-0.2, 0) is 16.1 Å². The minimum Gasteiger partial charge on any atom is -0.333 e. The molecule has 96 valence electrons. The molecule has 1 aromatic heterocycles. The molecule has 2 rings (SSSR count). The molecule has 0 aliphatic heterocycles. The number of carbonyl (C=O) groups is 2. The lowest BCUT2D eigenvalue weighted by Crippen LogP contribution is -2.23. The Morgan fingerprint density at radius 1 is 1.06 bits per heavy atom. The van der Waals surface area contributed by atoms with Crippen LogP contribution in [0.15, 0.2) is 41.0 Å². The Hall–Kier alpha value is -1.68. The summed E-state index contributed by atoms with van der Waals surface area (Å²) in [5, 5.41) is 0. The Morgan fingerprint density at radius 2 is 1.67 bits per heavy atom. The van der Waals surface area contributed by atoms with Crippen molar-refractivity contribution < 1.29 is 9.59 Å². The largest absolute Gasteiger partial charge is 0.333 e. The third-order valence-corrected chi connectivity index (χ3v) is 3.21. The zero-order valence-electron chi connectivity index (χ0n) is 10.6. The van der Waals surface area contributed by atoms with E-state index in [1.165, 1.54) is 0 Å². The van der Waals surface area contributed by atoms with Gasteiger partial charge in [0, 0.05) is 34.7 Å². The molecule has 1 aromatic rings. The summed E-state index contributed by atoms with van der Waals surface area (Å²) in [6, 6.07) is 0. The zero-order chi connectivity index (χ0) is 12.6. The van der Waals surface area contributed by atoms with Crippen molar-refractivity contribution in [3.8, 4) is 0 Å². The molecular formula is C13H15ClN2O2. The minimum absolute atomic E-state index is 0. The number of imidazole rings is 1. The van der Waals surface area contributed by atoms with Crippen LogP contribution in [0.2, 0.25) is 0 Å². The number of aromatic nitrogens is 2. The molecule has 1 aliphatic rings. The first-order chi connectivity index (χ1) is 8.02. The Kier molecular flexibility index (Phi) is 4.24. The summed E-state index contributed by atoms with van der Waals surface area (Å²) in [4.78, 5) is 28.0. The third kappa shape index (κ3) is 2.29. The Bertz CT molecular complexity index is 554. The molecule has 0 unspecified atom stereocenters. The average Bonchev–Trinajstić information content (AvgIpc) is 2.82. The third-order valence-electron chi connectivity index (χ3n) is 3.21. The molecule has 0 bridgehead atoms. The van der Waals surface area contributed by atoms with Gasteiger partial charge in [0.25, 0.3) is 0 Å². The van der Waals surface area contributed by atoms with Crippen LogP contribution in [0.5, 0.6) is 0 Å². The van der Waals surface area contributed by atoms with Gasteiger partial charge < -0.3 is 4.57 Å². The number of rotatable bonds is 2. The fourth-order valence-corrected chi connectivity index (χ4v) is 1.91. The van der Waals surface area contributed by atoms with Crippen LogP contribution >= 0.6 is 12.4 Å². The lowest BCUT2D eigenvalue weighted by molar-refractivity contribution is -0.116. The van der Waals surface area contributed by atoms with Crippen molar-refractivity contribution in [2.24, 2.45) is 0 Å². The number of Topliss-reactive ketones (excluding diaryl/α,β-unsaturated/α-hetero) is 2. The van der Waals surface area contributed by atoms with Crippen molar-refractivity contribution in [1.82, 2.24) is 9.55 Å². The van der Waals surface area contributed by atoms with Crippen molar-refractivity contribution in [2.45, 2.75) is 27.3 Å². The molecule has 0 atom stereocenters. The van der Waals surface area contributed by atoms with Crippen molar-refractivity contribution in [1.29, 1.82) is 0 Å². The number of carbonyl (C=O) groups excluding carboxylic acids is 2. The van der Waals surface area contributed by atoms with Crippen molar-refractivity contribution in [3.63, 3.8) is 0 Å². The maximum atomic E-state index is 12.1. The van der Waals surface area contributed by atoms with Crippen LogP contribution in [-0.4, -0.2) is 21.1 Å². The summed E-state index contributed by atoms with van der Waals surface area (Å²) in [5.41, 5.74) is 2.22. The number of allylic oxidation sites excluding steroid dienone is 4. The SMILES string of the molecule is CC1=C(C)C(=O)C(Cn2ccnc2)=C(C)C1=O.Cl. The molecule has 5 heteroatoms. The van der Waals surface area contributed by atoms with E-state index in [1.807, 2.05) is 0 Å². The fraction of sp³-hybridized carbons (Fsp3) is 0.308. The molecule has 0 spiro atoms.